The van der Waals surface area contributed by atoms with Crippen LogP contribution in [-0.4, -0.2) is 60.7 Å². The van der Waals surface area contributed by atoms with Gasteiger partial charge in [-0.05, 0) is 42.0 Å². The third-order valence-electron chi connectivity index (χ3n) is 6.20. The third kappa shape index (κ3) is 4.59. The Hall–Kier alpha value is -3.52. The highest BCUT2D eigenvalue weighted by Gasteiger charge is 2.26. The molecule has 34 heavy (non-hydrogen) atoms. The van der Waals surface area contributed by atoms with E-state index in [-0.39, 0.29) is 11.8 Å². The molecule has 2 amide bonds. The summed E-state index contributed by atoms with van der Waals surface area (Å²) in [6.45, 7) is 3.36. The molecule has 0 aliphatic carbocycles. The largest absolute Gasteiger partial charge is 0.497 e. The van der Waals surface area contributed by atoms with Crippen LogP contribution in [0.3, 0.4) is 0 Å². The highest BCUT2D eigenvalue weighted by molar-refractivity contribution is 8.00. The van der Waals surface area contributed by atoms with Crippen LogP contribution < -0.4 is 14.5 Å². The summed E-state index contributed by atoms with van der Waals surface area (Å²) in [5, 5.41) is 0.877. The van der Waals surface area contributed by atoms with E-state index in [0.29, 0.717) is 31.0 Å². The predicted molar refractivity (Wildman–Crippen MR) is 134 cm³/mol. The minimum absolute atomic E-state index is 0.0387. The number of hydrogen-bond donors (Lipinski definition) is 0. The first-order chi connectivity index (χ1) is 16.6. The molecule has 0 radical (unpaired) electrons. The Morgan fingerprint density at radius 2 is 1.82 bits per heavy atom. The summed E-state index contributed by atoms with van der Waals surface area (Å²) in [5.74, 6) is 1.33. The fraction of sp³-hybridized carbons (Fsp3) is 0.269. The smallest absolute Gasteiger partial charge is 0.253 e. The second-order valence-corrected chi connectivity index (χ2v) is 9.24. The van der Waals surface area contributed by atoms with Crippen molar-refractivity contribution in [3.63, 3.8) is 0 Å². The highest BCUT2D eigenvalue weighted by atomic mass is 32.2. The number of benzene rings is 2. The van der Waals surface area contributed by atoms with Gasteiger partial charge in [0.15, 0.2) is 0 Å². The molecular weight excluding hydrogens is 448 g/mol. The summed E-state index contributed by atoms with van der Waals surface area (Å²) in [7, 11) is 1.67. The lowest BCUT2D eigenvalue weighted by Gasteiger charge is -2.36. The Labute approximate surface area is 203 Å². The second-order valence-electron chi connectivity index (χ2n) is 8.27. The monoisotopic (exact) mass is 474 g/mol. The van der Waals surface area contributed by atoms with Crippen LogP contribution in [0.1, 0.15) is 15.9 Å². The number of methoxy groups -OCH3 is 1. The molecule has 174 valence electrons. The maximum absolute atomic E-state index is 13.1. The molecule has 2 aliphatic rings. The van der Waals surface area contributed by atoms with Crippen LogP contribution in [0.4, 0.5) is 11.4 Å². The average molecular weight is 475 g/mol. The SMILES string of the molecule is COc1cccc(N2CCN(C(=O)c3ccc(CN4C(=O)CSc5ncccc54)cc3)CC2)c1. The van der Waals surface area contributed by atoms with Gasteiger partial charge < -0.3 is 19.4 Å². The zero-order valence-corrected chi connectivity index (χ0v) is 19.8. The zero-order chi connectivity index (χ0) is 23.5. The number of aromatic nitrogens is 1. The average Bonchev–Trinajstić information content (AvgIpc) is 2.90. The second kappa shape index (κ2) is 9.77. The minimum atomic E-state index is 0.0387. The van der Waals surface area contributed by atoms with Crippen molar-refractivity contribution in [3.05, 3.63) is 78.0 Å². The van der Waals surface area contributed by atoms with E-state index in [4.69, 9.17) is 4.74 Å². The molecule has 0 bridgehead atoms. The van der Waals surface area contributed by atoms with Gasteiger partial charge in [0.25, 0.3) is 5.91 Å². The Morgan fingerprint density at radius 1 is 1.03 bits per heavy atom. The molecule has 0 saturated carbocycles. The molecule has 7 nitrogen and oxygen atoms in total. The number of carbonyl (C=O) groups is 2. The quantitative estimate of drug-likeness (QED) is 0.562. The fourth-order valence-corrected chi connectivity index (χ4v) is 5.19. The van der Waals surface area contributed by atoms with Crippen molar-refractivity contribution < 1.29 is 14.3 Å². The maximum Gasteiger partial charge on any atom is 0.253 e. The van der Waals surface area contributed by atoms with E-state index >= 15 is 0 Å². The Bertz CT molecular complexity index is 1190. The number of piperazine rings is 1. The van der Waals surface area contributed by atoms with E-state index in [1.807, 2.05) is 59.5 Å². The molecule has 1 fully saturated rings. The van der Waals surface area contributed by atoms with Gasteiger partial charge in [-0.3, -0.25) is 9.59 Å². The number of hydrogen-bond acceptors (Lipinski definition) is 6. The van der Waals surface area contributed by atoms with Gasteiger partial charge in [-0.15, -0.1) is 0 Å². The van der Waals surface area contributed by atoms with Gasteiger partial charge in [0.2, 0.25) is 5.91 Å². The van der Waals surface area contributed by atoms with Gasteiger partial charge in [-0.1, -0.05) is 30.0 Å². The first-order valence-corrected chi connectivity index (χ1v) is 12.3. The molecule has 1 aromatic heterocycles. The van der Waals surface area contributed by atoms with Crippen molar-refractivity contribution in [1.82, 2.24) is 9.88 Å². The van der Waals surface area contributed by atoms with Crippen LogP contribution in [0.5, 0.6) is 5.75 Å². The lowest BCUT2D eigenvalue weighted by atomic mass is 10.1. The Balaban J connectivity index is 1.21. The van der Waals surface area contributed by atoms with E-state index < -0.39 is 0 Å². The van der Waals surface area contributed by atoms with Crippen LogP contribution >= 0.6 is 11.8 Å². The first kappa shape index (κ1) is 22.3. The number of ether oxygens (including phenoxy) is 1. The molecule has 3 aromatic rings. The van der Waals surface area contributed by atoms with Crippen molar-refractivity contribution in [2.45, 2.75) is 11.6 Å². The summed E-state index contributed by atoms with van der Waals surface area (Å²) >= 11 is 1.47. The van der Waals surface area contributed by atoms with Crippen LogP contribution in [0, 0.1) is 0 Å². The third-order valence-corrected chi connectivity index (χ3v) is 7.18. The molecule has 1 saturated heterocycles. The molecule has 0 spiro atoms. The predicted octanol–water partition coefficient (Wildman–Crippen LogP) is 3.69. The Morgan fingerprint density at radius 3 is 2.59 bits per heavy atom. The van der Waals surface area contributed by atoms with Crippen molar-refractivity contribution >= 4 is 35.0 Å². The summed E-state index contributed by atoms with van der Waals surface area (Å²) in [6, 6.07) is 19.4. The summed E-state index contributed by atoms with van der Waals surface area (Å²) < 4.78 is 5.33. The number of pyridine rings is 1. The normalized spacial score (nSPS) is 15.8. The summed E-state index contributed by atoms with van der Waals surface area (Å²) in [5.41, 5.74) is 3.60. The summed E-state index contributed by atoms with van der Waals surface area (Å²) in [4.78, 5) is 35.9. The topological polar surface area (TPSA) is 66.0 Å². The van der Waals surface area contributed by atoms with Gasteiger partial charge in [-0.2, -0.15) is 0 Å². The summed E-state index contributed by atoms with van der Waals surface area (Å²) in [6.07, 6.45) is 1.75. The molecule has 8 heteroatoms. The lowest BCUT2D eigenvalue weighted by molar-refractivity contribution is -0.116. The van der Waals surface area contributed by atoms with Crippen molar-refractivity contribution in [1.29, 1.82) is 0 Å². The molecule has 0 N–H and O–H groups in total. The van der Waals surface area contributed by atoms with E-state index in [2.05, 4.69) is 16.0 Å². The maximum atomic E-state index is 13.1. The first-order valence-electron chi connectivity index (χ1n) is 11.3. The van der Waals surface area contributed by atoms with E-state index in [1.54, 1.807) is 18.2 Å². The van der Waals surface area contributed by atoms with Crippen LogP contribution in [0.25, 0.3) is 0 Å². The van der Waals surface area contributed by atoms with Gasteiger partial charge in [0.1, 0.15) is 10.8 Å². The van der Waals surface area contributed by atoms with E-state index in [0.717, 1.165) is 40.8 Å². The van der Waals surface area contributed by atoms with Crippen LogP contribution in [0.2, 0.25) is 0 Å². The number of fused-ring (bicyclic) bond motifs is 1. The Kier molecular flexibility index (Phi) is 6.40. The van der Waals surface area contributed by atoms with E-state index in [9.17, 15) is 9.59 Å². The highest BCUT2D eigenvalue weighted by Crippen LogP contribution is 2.34. The molecule has 2 aromatic carbocycles. The number of nitrogens with zero attached hydrogens (tertiary/aromatic N) is 4. The lowest BCUT2D eigenvalue weighted by Crippen LogP contribution is -2.48. The number of carbonyl (C=O) groups excluding carboxylic acids is 2. The van der Waals surface area contributed by atoms with Crippen LogP contribution in [0.15, 0.2) is 71.9 Å². The van der Waals surface area contributed by atoms with Gasteiger partial charge in [0.05, 0.1) is 25.1 Å². The van der Waals surface area contributed by atoms with Gasteiger partial charge >= 0.3 is 0 Å². The number of anilines is 2. The van der Waals surface area contributed by atoms with Crippen molar-refractivity contribution in [2.75, 3.05) is 48.8 Å². The fourth-order valence-electron chi connectivity index (χ4n) is 4.31. The van der Waals surface area contributed by atoms with Crippen LogP contribution in [-0.2, 0) is 11.3 Å². The van der Waals surface area contributed by atoms with Crippen molar-refractivity contribution in [2.24, 2.45) is 0 Å². The zero-order valence-electron chi connectivity index (χ0n) is 19.0. The molecule has 0 atom stereocenters. The molecule has 3 heterocycles. The molecular formula is C26H26N4O3S. The molecule has 5 rings (SSSR count). The molecule has 0 unspecified atom stereocenters. The number of rotatable bonds is 5. The van der Waals surface area contributed by atoms with Gasteiger partial charge in [0, 0.05) is 49.7 Å². The van der Waals surface area contributed by atoms with E-state index in [1.165, 1.54) is 11.8 Å². The van der Waals surface area contributed by atoms with Crippen molar-refractivity contribution in [3.8, 4) is 5.75 Å². The minimum Gasteiger partial charge on any atom is -0.497 e. The number of amides is 2. The number of thioether (sulfide) groups is 1. The van der Waals surface area contributed by atoms with Gasteiger partial charge in [-0.25, -0.2) is 4.98 Å². The molecule has 2 aliphatic heterocycles. The standard InChI is InChI=1S/C26H26N4O3S/c1-33-22-5-2-4-21(16-22)28-12-14-29(15-13-28)26(32)20-9-7-19(8-10-20)17-30-23-6-3-11-27-25(23)34-18-24(30)31/h2-11,16H,12-15,17-18H2,1H3.